The molecule has 0 saturated carbocycles. The fourth-order valence-electron chi connectivity index (χ4n) is 3.48. The number of hydrogen-bond acceptors (Lipinski definition) is 4. The third-order valence-corrected chi connectivity index (χ3v) is 4.77. The molecular weight excluding hydrogens is 304 g/mol. The maximum Gasteiger partial charge on any atom is 0.263 e. The fourth-order valence-corrected chi connectivity index (χ4v) is 3.48. The lowest BCUT2D eigenvalue weighted by Gasteiger charge is -2.24. The smallest absolute Gasteiger partial charge is 0.263 e. The topological polar surface area (TPSA) is 51.7 Å². The highest BCUT2D eigenvalue weighted by Crippen LogP contribution is 2.29. The minimum Gasteiger partial charge on any atom is -0.464 e. The monoisotopic (exact) mass is 326 g/mol. The Morgan fingerprint density at radius 2 is 2.21 bits per heavy atom. The van der Waals surface area contributed by atoms with Crippen molar-refractivity contribution in [1.29, 1.82) is 0 Å². The van der Waals surface area contributed by atoms with Gasteiger partial charge in [-0.1, -0.05) is 11.6 Å². The molecule has 2 atom stereocenters. The Labute approximate surface area is 141 Å². The van der Waals surface area contributed by atoms with Gasteiger partial charge in [0, 0.05) is 24.1 Å². The predicted molar refractivity (Wildman–Crippen MR) is 91.0 cm³/mol. The predicted octanol–water partition coefficient (Wildman–Crippen LogP) is 2.83. The summed E-state index contributed by atoms with van der Waals surface area (Å²) in [5.41, 5.74) is 3.05. The molecule has 1 aromatic carbocycles. The number of nitrogens with zero attached hydrogens (tertiary/aromatic N) is 2. The molecule has 0 radical (unpaired) electrons. The van der Waals surface area contributed by atoms with E-state index in [1.54, 1.807) is 6.92 Å². The highest BCUT2D eigenvalue weighted by atomic mass is 16.5. The Morgan fingerprint density at radius 3 is 3.00 bits per heavy atom. The van der Waals surface area contributed by atoms with Crippen LogP contribution in [0.1, 0.15) is 30.9 Å². The third-order valence-electron chi connectivity index (χ3n) is 4.77. The number of hydrogen-bond donors (Lipinski definition) is 0. The molecule has 0 spiro atoms. The van der Waals surface area contributed by atoms with Crippen LogP contribution in [-0.2, 0) is 16.1 Å². The molecule has 1 amide bonds. The molecule has 1 aromatic heterocycles. The molecule has 5 nitrogen and oxygen atoms in total. The van der Waals surface area contributed by atoms with Crippen molar-refractivity contribution in [3.8, 4) is 5.88 Å². The molecule has 24 heavy (non-hydrogen) atoms. The van der Waals surface area contributed by atoms with Crippen molar-refractivity contribution in [2.24, 2.45) is 0 Å². The SMILES string of the molecule is Cc1ccc2nc3c(cc2c1)CN(C[C@@H]1CCCO1)C(=O)[C@@H](C)O3. The van der Waals surface area contributed by atoms with Crippen LogP contribution in [-0.4, -0.2) is 41.2 Å². The number of benzene rings is 1. The molecular formula is C19H22N2O3. The van der Waals surface area contributed by atoms with Crippen LogP contribution in [0.4, 0.5) is 0 Å². The van der Waals surface area contributed by atoms with Crippen LogP contribution < -0.4 is 4.74 Å². The van der Waals surface area contributed by atoms with E-state index in [4.69, 9.17) is 9.47 Å². The van der Waals surface area contributed by atoms with Crippen LogP contribution in [0.2, 0.25) is 0 Å². The highest BCUT2D eigenvalue weighted by Gasteiger charge is 2.31. The quantitative estimate of drug-likeness (QED) is 0.851. The van der Waals surface area contributed by atoms with Gasteiger partial charge in [0.1, 0.15) is 0 Å². The van der Waals surface area contributed by atoms with Crippen LogP contribution in [0.25, 0.3) is 10.9 Å². The zero-order valence-corrected chi connectivity index (χ0v) is 14.1. The number of aromatic nitrogens is 1. The summed E-state index contributed by atoms with van der Waals surface area (Å²) >= 11 is 0. The summed E-state index contributed by atoms with van der Waals surface area (Å²) in [4.78, 5) is 19.2. The van der Waals surface area contributed by atoms with Crippen LogP contribution >= 0.6 is 0 Å². The minimum absolute atomic E-state index is 0.00346. The van der Waals surface area contributed by atoms with Crippen molar-refractivity contribution in [2.75, 3.05) is 13.2 Å². The Bertz CT molecular complexity index is 784. The van der Waals surface area contributed by atoms with E-state index in [-0.39, 0.29) is 12.0 Å². The maximum atomic E-state index is 12.7. The average Bonchev–Trinajstić information content (AvgIpc) is 3.03. The van der Waals surface area contributed by atoms with Gasteiger partial charge in [-0.05, 0) is 44.9 Å². The number of fused-ring (bicyclic) bond motifs is 2. The summed E-state index contributed by atoms with van der Waals surface area (Å²) in [5, 5.41) is 1.08. The first kappa shape index (κ1) is 15.4. The average molecular weight is 326 g/mol. The largest absolute Gasteiger partial charge is 0.464 e. The molecule has 2 aromatic rings. The second kappa shape index (κ2) is 6.06. The second-order valence-electron chi connectivity index (χ2n) is 6.76. The van der Waals surface area contributed by atoms with Gasteiger partial charge in [-0.3, -0.25) is 4.79 Å². The number of aryl methyl sites for hydroxylation is 1. The van der Waals surface area contributed by atoms with Crippen molar-refractivity contribution in [3.63, 3.8) is 0 Å². The summed E-state index contributed by atoms with van der Waals surface area (Å²) in [6.45, 7) is 5.80. The van der Waals surface area contributed by atoms with Gasteiger partial charge in [0.2, 0.25) is 5.88 Å². The lowest BCUT2D eigenvalue weighted by molar-refractivity contribution is -0.139. The highest BCUT2D eigenvalue weighted by molar-refractivity contribution is 5.84. The van der Waals surface area contributed by atoms with Crippen LogP contribution in [0.15, 0.2) is 24.3 Å². The van der Waals surface area contributed by atoms with Gasteiger partial charge < -0.3 is 14.4 Å². The summed E-state index contributed by atoms with van der Waals surface area (Å²) in [6, 6.07) is 8.24. The molecule has 2 aliphatic heterocycles. The van der Waals surface area contributed by atoms with E-state index < -0.39 is 6.10 Å². The van der Waals surface area contributed by atoms with Crippen molar-refractivity contribution >= 4 is 16.8 Å². The molecule has 0 unspecified atom stereocenters. The molecule has 126 valence electrons. The molecule has 2 aliphatic rings. The zero-order valence-electron chi connectivity index (χ0n) is 14.1. The Balaban J connectivity index is 1.69. The van der Waals surface area contributed by atoms with Crippen LogP contribution in [0, 0.1) is 6.92 Å². The molecule has 5 heteroatoms. The minimum atomic E-state index is -0.525. The van der Waals surface area contributed by atoms with Gasteiger partial charge in [-0.2, -0.15) is 0 Å². The summed E-state index contributed by atoms with van der Waals surface area (Å²) in [6.07, 6.45) is 1.70. The lowest BCUT2D eigenvalue weighted by Crippen LogP contribution is -2.41. The van der Waals surface area contributed by atoms with Gasteiger partial charge in [0.15, 0.2) is 6.10 Å². The summed E-state index contributed by atoms with van der Waals surface area (Å²) < 4.78 is 11.6. The molecule has 4 rings (SSSR count). The number of ether oxygens (including phenoxy) is 2. The zero-order chi connectivity index (χ0) is 16.7. The molecule has 3 heterocycles. The van der Waals surface area contributed by atoms with E-state index in [2.05, 4.69) is 24.0 Å². The summed E-state index contributed by atoms with van der Waals surface area (Å²) in [5.74, 6) is 0.575. The Morgan fingerprint density at radius 1 is 1.33 bits per heavy atom. The van der Waals surface area contributed by atoms with E-state index in [1.165, 1.54) is 5.56 Å². The van der Waals surface area contributed by atoms with Crippen molar-refractivity contribution in [1.82, 2.24) is 9.88 Å². The Kier molecular flexibility index (Phi) is 3.88. The van der Waals surface area contributed by atoms with Crippen molar-refractivity contribution in [2.45, 2.75) is 45.4 Å². The third kappa shape index (κ3) is 2.84. The van der Waals surface area contributed by atoms with E-state index in [9.17, 15) is 4.79 Å². The number of amides is 1. The number of carbonyl (C=O) groups is 1. The lowest BCUT2D eigenvalue weighted by atomic mass is 10.1. The first-order valence-electron chi connectivity index (χ1n) is 8.57. The fraction of sp³-hybridized carbons (Fsp3) is 0.474. The van der Waals surface area contributed by atoms with Gasteiger partial charge in [0.25, 0.3) is 5.91 Å². The number of rotatable bonds is 2. The van der Waals surface area contributed by atoms with E-state index in [1.807, 2.05) is 17.0 Å². The Hall–Kier alpha value is -2.14. The molecule has 1 fully saturated rings. The summed E-state index contributed by atoms with van der Waals surface area (Å²) in [7, 11) is 0. The van der Waals surface area contributed by atoms with Crippen LogP contribution in [0.3, 0.4) is 0 Å². The molecule has 1 saturated heterocycles. The first-order valence-corrected chi connectivity index (χ1v) is 8.57. The van der Waals surface area contributed by atoms with Gasteiger partial charge in [-0.25, -0.2) is 4.98 Å². The van der Waals surface area contributed by atoms with Gasteiger partial charge >= 0.3 is 0 Å². The second-order valence-corrected chi connectivity index (χ2v) is 6.76. The molecule has 0 bridgehead atoms. The van der Waals surface area contributed by atoms with E-state index in [0.717, 1.165) is 35.9 Å². The van der Waals surface area contributed by atoms with Crippen LogP contribution in [0.5, 0.6) is 5.88 Å². The van der Waals surface area contributed by atoms with Gasteiger partial charge in [-0.15, -0.1) is 0 Å². The van der Waals surface area contributed by atoms with Gasteiger partial charge in [0.05, 0.1) is 18.2 Å². The van der Waals surface area contributed by atoms with E-state index in [0.29, 0.717) is 19.0 Å². The normalized spacial score (nSPS) is 23.9. The molecule has 0 N–H and O–H groups in total. The number of carbonyl (C=O) groups excluding carboxylic acids is 1. The maximum absolute atomic E-state index is 12.7. The first-order chi connectivity index (χ1) is 11.6. The van der Waals surface area contributed by atoms with Crippen molar-refractivity contribution in [3.05, 3.63) is 35.4 Å². The number of pyridine rings is 1. The van der Waals surface area contributed by atoms with Crippen molar-refractivity contribution < 1.29 is 14.3 Å². The standard InChI is InChI=1S/C19H22N2O3/c1-12-5-6-17-14(8-12)9-15-10-21(11-16-4-3-7-23-16)19(22)13(2)24-18(15)20-17/h5-6,8-9,13,16H,3-4,7,10-11H2,1-2H3/t13-,16+/m1/s1. The van der Waals surface area contributed by atoms with E-state index >= 15 is 0 Å². The molecule has 0 aliphatic carbocycles.